The fraction of sp³-hybridized carbons (Fsp3) is 0.412. The van der Waals surface area contributed by atoms with Crippen LogP contribution in [0, 0.1) is 5.92 Å². The Kier molecular flexibility index (Phi) is 11.6. The minimum absolute atomic E-state index is 0.158. The average molecular weight is 616 g/mol. The third-order valence-corrected chi connectivity index (χ3v) is 7.92. The zero-order chi connectivity index (χ0) is 32.3. The van der Waals surface area contributed by atoms with Crippen molar-refractivity contribution in [1.29, 1.82) is 0 Å². The molecule has 1 aromatic heterocycles. The molecule has 0 saturated carbocycles. The summed E-state index contributed by atoms with van der Waals surface area (Å²) in [6.07, 6.45) is 4.12. The van der Waals surface area contributed by atoms with E-state index in [9.17, 15) is 24.0 Å². The van der Waals surface area contributed by atoms with E-state index in [-0.39, 0.29) is 49.5 Å². The predicted molar refractivity (Wildman–Crippen MR) is 170 cm³/mol. The van der Waals surface area contributed by atoms with Crippen LogP contribution >= 0.6 is 0 Å². The van der Waals surface area contributed by atoms with Crippen molar-refractivity contribution in [2.45, 2.75) is 70.4 Å². The van der Waals surface area contributed by atoms with Crippen LogP contribution in [-0.2, 0) is 35.1 Å². The van der Waals surface area contributed by atoms with Crippen molar-refractivity contribution in [3.8, 4) is 0 Å². The van der Waals surface area contributed by atoms with Gasteiger partial charge in [-0.25, -0.2) is 4.79 Å². The van der Waals surface area contributed by atoms with Gasteiger partial charge in [-0.05, 0) is 47.9 Å². The number of carbonyl (C=O) groups is 5. The molecule has 3 atom stereocenters. The van der Waals surface area contributed by atoms with Crippen LogP contribution in [0.15, 0.2) is 60.8 Å². The standard InChI is InChI=1S/C34H41N5O6/c1-21(2)31-33(43)36-20-30(42)38-27(34(44)45-3)18-22-9-6-12-24(17-22)25(10-4-5-15-28(40)39-31)19-29(41)37-26-14-7-11-23-13-8-16-35-32(23)26/h6-9,11-14,16-17,21,25,27,31H,4-5,10,15,18-20H2,1-3H3,(H,36,43)(H,37,41)(H,38,42)(H,39,40)/t25?,27-,31+/m0/s1. The number of ether oxygens (including phenoxy) is 1. The molecule has 2 heterocycles. The first-order valence-electron chi connectivity index (χ1n) is 15.3. The van der Waals surface area contributed by atoms with Gasteiger partial charge in [0.15, 0.2) is 0 Å². The molecule has 2 aromatic carbocycles. The van der Waals surface area contributed by atoms with Crippen molar-refractivity contribution >= 4 is 46.2 Å². The monoisotopic (exact) mass is 615 g/mol. The molecule has 4 rings (SSSR count). The molecule has 45 heavy (non-hydrogen) atoms. The maximum Gasteiger partial charge on any atom is 0.328 e. The van der Waals surface area contributed by atoms with Gasteiger partial charge in [-0.15, -0.1) is 0 Å². The fourth-order valence-corrected chi connectivity index (χ4v) is 5.54. The van der Waals surface area contributed by atoms with Gasteiger partial charge in [-0.2, -0.15) is 0 Å². The maximum atomic E-state index is 13.4. The highest BCUT2D eigenvalue weighted by molar-refractivity contribution is 6.00. The Hall–Kier alpha value is -4.80. The first kappa shape index (κ1) is 33.1. The Morgan fingerprint density at radius 2 is 1.78 bits per heavy atom. The Balaban J connectivity index is 1.59. The lowest BCUT2D eigenvalue weighted by molar-refractivity contribution is -0.145. The summed E-state index contributed by atoms with van der Waals surface area (Å²) in [6.45, 7) is 3.25. The Morgan fingerprint density at radius 3 is 2.56 bits per heavy atom. The minimum Gasteiger partial charge on any atom is -0.467 e. The minimum atomic E-state index is -0.991. The number of anilines is 1. The second-order valence-electron chi connectivity index (χ2n) is 11.7. The number of nitrogens with zero attached hydrogens (tertiary/aromatic N) is 1. The zero-order valence-electron chi connectivity index (χ0n) is 25.9. The number of carbonyl (C=O) groups excluding carboxylic acids is 5. The summed E-state index contributed by atoms with van der Waals surface area (Å²) < 4.78 is 4.94. The lowest BCUT2D eigenvalue weighted by Crippen LogP contribution is -2.52. The normalized spacial score (nSPS) is 20.3. The molecule has 0 radical (unpaired) electrons. The molecule has 0 spiro atoms. The first-order valence-corrected chi connectivity index (χ1v) is 15.3. The topological polar surface area (TPSA) is 156 Å². The molecule has 0 aliphatic carbocycles. The molecule has 2 bridgehead atoms. The summed E-state index contributed by atoms with van der Waals surface area (Å²) >= 11 is 0. The van der Waals surface area contributed by atoms with Crippen LogP contribution in [0.25, 0.3) is 10.9 Å². The van der Waals surface area contributed by atoms with Crippen molar-refractivity contribution in [2.75, 3.05) is 19.0 Å². The van der Waals surface area contributed by atoms with Crippen LogP contribution in [0.5, 0.6) is 0 Å². The van der Waals surface area contributed by atoms with E-state index >= 15 is 0 Å². The van der Waals surface area contributed by atoms with E-state index in [1.54, 1.807) is 6.20 Å². The lowest BCUT2D eigenvalue weighted by atomic mass is 9.88. The number of esters is 1. The highest BCUT2D eigenvalue weighted by atomic mass is 16.5. The number of methoxy groups -OCH3 is 1. The van der Waals surface area contributed by atoms with E-state index in [2.05, 4.69) is 26.3 Å². The van der Waals surface area contributed by atoms with E-state index in [0.717, 1.165) is 16.5 Å². The highest BCUT2D eigenvalue weighted by Gasteiger charge is 2.27. The smallest absolute Gasteiger partial charge is 0.328 e. The molecule has 0 fully saturated rings. The Labute approximate surface area is 262 Å². The van der Waals surface area contributed by atoms with Crippen molar-refractivity contribution in [3.63, 3.8) is 0 Å². The van der Waals surface area contributed by atoms with Crippen LogP contribution < -0.4 is 21.3 Å². The fourth-order valence-electron chi connectivity index (χ4n) is 5.54. The molecule has 11 heteroatoms. The van der Waals surface area contributed by atoms with Gasteiger partial charge in [0.25, 0.3) is 0 Å². The second-order valence-corrected chi connectivity index (χ2v) is 11.7. The quantitative estimate of drug-likeness (QED) is 0.321. The number of benzene rings is 2. The third-order valence-electron chi connectivity index (χ3n) is 7.92. The van der Waals surface area contributed by atoms with Crippen molar-refractivity contribution in [3.05, 3.63) is 71.9 Å². The summed E-state index contributed by atoms with van der Waals surface area (Å²) in [5, 5.41) is 11.9. The van der Waals surface area contributed by atoms with Crippen LogP contribution in [0.4, 0.5) is 5.69 Å². The molecule has 11 nitrogen and oxygen atoms in total. The summed E-state index contributed by atoms with van der Waals surface area (Å²) in [5.74, 6) is -2.51. The predicted octanol–water partition coefficient (Wildman–Crippen LogP) is 3.38. The van der Waals surface area contributed by atoms with Gasteiger partial charge in [0, 0.05) is 30.8 Å². The number of para-hydroxylation sites is 1. The second kappa shape index (κ2) is 15.8. The molecule has 3 aromatic rings. The van der Waals surface area contributed by atoms with Gasteiger partial charge in [0.05, 0.1) is 24.9 Å². The van der Waals surface area contributed by atoms with Crippen LogP contribution in [0.1, 0.15) is 63.0 Å². The molecule has 1 aliphatic rings. The summed E-state index contributed by atoms with van der Waals surface area (Å²) in [5.41, 5.74) is 3.02. The number of pyridine rings is 1. The molecule has 1 unspecified atom stereocenters. The summed E-state index contributed by atoms with van der Waals surface area (Å²) in [4.78, 5) is 68.8. The lowest BCUT2D eigenvalue weighted by Gasteiger charge is -2.23. The van der Waals surface area contributed by atoms with Gasteiger partial charge in [-0.3, -0.25) is 24.2 Å². The van der Waals surface area contributed by atoms with Gasteiger partial charge >= 0.3 is 5.97 Å². The van der Waals surface area contributed by atoms with Gasteiger partial charge in [0.1, 0.15) is 12.1 Å². The number of rotatable bonds is 5. The maximum absolute atomic E-state index is 13.4. The summed E-state index contributed by atoms with van der Waals surface area (Å²) in [6, 6.07) is 15.2. The van der Waals surface area contributed by atoms with Crippen LogP contribution in [0.2, 0.25) is 0 Å². The SMILES string of the molecule is COC(=O)[C@@H]1Cc2cccc(c2)C(CC(=O)Nc2cccc3cccnc23)CCCCC(=O)N[C@H](C(C)C)C(=O)NCC(=O)N1. The molecule has 4 N–H and O–H groups in total. The number of fused-ring (bicyclic) bond motifs is 3. The Bertz CT molecular complexity index is 1540. The zero-order valence-corrected chi connectivity index (χ0v) is 25.9. The number of nitrogens with one attached hydrogen (secondary N) is 4. The number of aromatic nitrogens is 1. The molecule has 238 valence electrons. The molecule has 4 amide bonds. The van der Waals surface area contributed by atoms with Crippen LogP contribution in [0.3, 0.4) is 0 Å². The third kappa shape index (κ3) is 9.34. The van der Waals surface area contributed by atoms with Crippen molar-refractivity contribution in [2.24, 2.45) is 5.92 Å². The average Bonchev–Trinajstić information content (AvgIpc) is 3.03. The van der Waals surface area contributed by atoms with E-state index < -0.39 is 29.9 Å². The van der Waals surface area contributed by atoms with Crippen molar-refractivity contribution < 1.29 is 28.7 Å². The molecule has 1 aliphatic heterocycles. The van der Waals surface area contributed by atoms with E-state index in [1.165, 1.54) is 7.11 Å². The number of hydrogen-bond acceptors (Lipinski definition) is 7. The van der Waals surface area contributed by atoms with Gasteiger partial charge in [0.2, 0.25) is 23.6 Å². The highest BCUT2D eigenvalue weighted by Crippen LogP contribution is 2.29. The van der Waals surface area contributed by atoms with Gasteiger partial charge < -0.3 is 26.0 Å². The molecular formula is C34H41N5O6. The number of hydrogen-bond donors (Lipinski definition) is 4. The van der Waals surface area contributed by atoms with Gasteiger partial charge in [-0.1, -0.05) is 62.7 Å². The largest absolute Gasteiger partial charge is 0.467 e. The molecular weight excluding hydrogens is 574 g/mol. The van der Waals surface area contributed by atoms with Crippen molar-refractivity contribution in [1.82, 2.24) is 20.9 Å². The summed E-state index contributed by atoms with van der Waals surface area (Å²) in [7, 11) is 1.24. The van der Waals surface area contributed by atoms with E-state index in [1.807, 2.05) is 68.4 Å². The first-order chi connectivity index (χ1) is 21.6. The molecule has 0 saturated heterocycles. The number of amides is 4. The van der Waals surface area contributed by atoms with Crippen LogP contribution in [-0.4, -0.2) is 60.3 Å². The van der Waals surface area contributed by atoms with E-state index in [0.29, 0.717) is 30.5 Å². The Morgan fingerprint density at radius 1 is 1.00 bits per heavy atom. The van der Waals surface area contributed by atoms with E-state index in [4.69, 9.17) is 4.74 Å².